The molecule has 0 saturated carbocycles. The molecule has 1 aliphatic heterocycles. The number of piperazine rings is 1. The fourth-order valence-corrected chi connectivity index (χ4v) is 5.09. The van der Waals surface area contributed by atoms with E-state index in [9.17, 15) is 4.79 Å². The number of nitrogens with zero attached hydrogens (tertiary/aromatic N) is 3. The zero-order valence-electron chi connectivity index (χ0n) is 22.3. The van der Waals surface area contributed by atoms with Crippen molar-refractivity contribution in [1.82, 2.24) is 4.98 Å². The van der Waals surface area contributed by atoms with Crippen LogP contribution in [0.1, 0.15) is 10.4 Å². The summed E-state index contributed by atoms with van der Waals surface area (Å²) >= 11 is 0. The summed E-state index contributed by atoms with van der Waals surface area (Å²) < 4.78 is 11.4. The Morgan fingerprint density at radius 2 is 1.35 bits per heavy atom. The lowest BCUT2D eigenvalue weighted by Gasteiger charge is -2.37. The minimum atomic E-state index is -0.201. The van der Waals surface area contributed by atoms with Crippen molar-refractivity contribution in [2.45, 2.75) is 0 Å². The van der Waals surface area contributed by atoms with Gasteiger partial charge < -0.3 is 24.6 Å². The van der Waals surface area contributed by atoms with Crippen LogP contribution in [0.15, 0.2) is 109 Å². The average molecular weight is 531 g/mol. The first kappa shape index (κ1) is 25.2. The van der Waals surface area contributed by atoms with Crippen molar-refractivity contribution in [2.24, 2.45) is 0 Å². The summed E-state index contributed by atoms with van der Waals surface area (Å²) in [5.74, 6) is 3.04. The Kier molecular flexibility index (Phi) is 7.18. The van der Waals surface area contributed by atoms with Gasteiger partial charge in [0.25, 0.3) is 5.91 Å². The third-order valence-corrected chi connectivity index (χ3v) is 7.11. The van der Waals surface area contributed by atoms with Gasteiger partial charge in [0.2, 0.25) is 0 Å². The second-order valence-electron chi connectivity index (χ2n) is 9.58. The average Bonchev–Trinajstić information content (AvgIpc) is 3.02. The maximum Gasteiger partial charge on any atom is 0.257 e. The zero-order valence-corrected chi connectivity index (χ0v) is 22.3. The van der Waals surface area contributed by atoms with E-state index in [2.05, 4.69) is 21.2 Å². The first-order chi connectivity index (χ1) is 19.7. The number of nitrogens with one attached hydrogen (secondary N) is 1. The number of rotatable bonds is 7. The van der Waals surface area contributed by atoms with Crippen LogP contribution in [0.2, 0.25) is 0 Å². The fraction of sp³-hybridized carbons (Fsp3) is 0.152. The van der Waals surface area contributed by atoms with Gasteiger partial charge in [-0.05, 0) is 53.9 Å². The van der Waals surface area contributed by atoms with Crippen LogP contribution in [-0.4, -0.2) is 44.2 Å². The third-order valence-electron chi connectivity index (χ3n) is 7.11. The van der Waals surface area contributed by atoms with Gasteiger partial charge in [0.15, 0.2) is 0 Å². The highest BCUT2D eigenvalue weighted by Gasteiger charge is 2.23. The quantitative estimate of drug-likeness (QED) is 0.255. The van der Waals surface area contributed by atoms with Gasteiger partial charge in [-0.1, -0.05) is 54.6 Å². The molecule has 0 spiro atoms. The number of carbonyl (C=O) groups excluding carboxylic acids is 1. The molecule has 6 rings (SSSR count). The molecular formula is C33H30N4O3. The Balaban J connectivity index is 1.17. The van der Waals surface area contributed by atoms with Crippen LogP contribution in [0.3, 0.4) is 0 Å². The van der Waals surface area contributed by atoms with Gasteiger partial charge in [-0.25, -0.2) is 4.98 Å². The van der Waals surface area contributed by atoms with Crippen molar-refractivity contribution >= 4 is 33.9 Å². The van der Waals surface area contributed by atoms with E-state index >= 15 is 0 Å². The van der Waals surface area contributed by atoms with Crippen molar-refractivity contribution in [1.29, 1.82) is 0 Å². The fourth-order valence-electron chi connectivity index (χ4n) is 5.09. The van der Waals surface area contributed by atoms with E-state index in [4.69, 9.17) is 14.5 Å². The molecule has 7 nitrogen and oxygen atoms in total. The Morgan fingerprint density at radius 3 is 2.10 bits per heavy atom. The second kappa shape index (κ2) is 11.4. The molecule has 7 heteroatoms. The Labute approximate surface area is 233 Å². The summed E-state index contributed by atoms with van der Waals surface area (Å²) in [6, 6.07) is 33.0. The van der Waals surface area contributed by atoms with Gasteiger partial charge in [0.1, 0.15) is 23.1 Å². The minimum absolute atomic E-state index is 0.201. The molecule has 0 atom stereocenters. The molecule has 0 bridgehead atoms. The molecule has 1 saturated heterocycles. The van der Waals surface area contributed by atoms with Crippen molar-refractivity contribution in [3.63, 3.8) is 0 Å². The lowest BCUT2D eigenvalue weighted by Crippen LogP contribution is -2.47. The summed E-state index contributed by atoms with van der Waals surface area (Å²) in [6.45, 7) is 3.33. The number of aromatic nitrogens is 1. The predicted octanol–water partition coefficient (Wildman–Crippen LogP) is 6.61. The number of hydrogen-bond donors (Lipinski definition) is 1. The molecule has 200 valence electrons. The number of para-hydroxylation sites is 3. The maximum absolute atomic E-state index is 13.3. The summed E-state index contributed by atoms with van der Waals surface area (Å²) in [7, 11) is 1.71. The molecule has 1 N–H and O–H groups in total. The van der Waals surface area contributed by atoms with E-state index in [0.717, 1.165) is 60.0 Å². The summed E-state index contributed by atoms with van der Waals surface area (Å²) in [5, 5.41) is 4.85. The normalized spacial score (nSPS) is 13.2. The molecule has 0 aliphatic carbocycles. The van der Waals surface area contributed by atoms with Gasteiger partial charge in [-0.15, -0.1) is 0 Å². The number of methoxy groups -OCH3 is 1. The summed E-state index contributed by atoms with van der Waals surface area (Å²) in [4.78, 5) is 22.8. The maximum atomic E-state index is 13.3. The number of benzene rings is 4. The SMILES string of the molecule is COc1ccccc1N1CCN(c2ncc(C(=O)Nc3ccc(Oc4ccccc4)cc3)c3ccccc23)CC1. The van der Waals surface area contributed by atoms with E-state index in [1.807, 2.05) is 97.1 Å². The highest BCUT2D eigenvalue weighted by atomic mass is 16.5. The Morgan fingerprint density at radius 1 is 0.725 bits per heavy atom. The lowest BCUT2D eigenvalue weighted by atomic mass is 10.1. The largest absolute Gasteiger partial charge is 0.495 e. The molecule has 5 aromatic rings. The van der Waals surface area contributed by atoms with Crippen LogP contribution >= 0.6 is 0 Å². The molecule has 4 aromatic carbocycles. The zero-order chi connectivity index (χ0) is 27.3. The monoisotopic (exact) mass is 530 g/mol. The summed E-state index contributed by atoms with van der Waals surface area (Å²) in [5.41, 5.74) is 2.33. The smallest absolute Gasteiger partial charge is 0.257 e. The molecule has 1 amide bonds. The topological polar surface area (TPSA) is 66.9 Å². The van der Waals surface area contributed by atoms with Crippen molar-refractivity contribution in [3.05, 3.63) is 115 Å². The molecule has 1 fully saturated rings. The standard InChI is InChI=1S/C33H30N4O3/c1-39-31-14-8-7-13-30(31)36-19-21-37(22-20-36)32-28-12-6-5-11-27(28)29(23-34-32)33(38)35-24-15-17-26(18-16-24)40-25-9-3-2-4-10-25/h2-18,23H,19-22H2,1H3,(H,35,38). The van der Waals surface area contributed by atoms with E-state index in [1.165, 1.54) is 0 Å². The van der Waals surface area contributed by atoms with Gasteiger partial charge in [0, 0.05) is 43.4 Å². The minimum Gasteiger partial charge on any atom is -0.495 e. The lowest BCUT2D eigenvalue weighted by molar-refractivity contribution is 0.102. The number of carbonyl (C=O) groups is 1. The summed E-state index contributed by atoms with van der Waals surface area (Å²) in [6.07, 6.45) is 1.69. The van der Waals surface area contributed by atoms with Gasteiger partial charge in [-0.2, -0.15) is 0 Å². The van der Waals surface area contributed by atoms with Gasteiger partial charge in [0.05, 0.1) is 18.4 Å². The number of hydrogen-bond acceptors (Lipinski definition) is 6. The molecule has 1 aromatic heterocycles. The molecule has 0 radical (unpaired) electrons. The highest BCUT2D eigenvalue weighted by molar-refractivity contribution is 6.14. The third kappa shape index (κ3) is 5.27. The molecule has 1 aliphatic rings. The number of pyridine rings is 1. The van der Waals surface area contributed by atoms with Crippen LogP contribution in [0.4, 0.5) is 17.2 Å². The first-order valence-electron chi connectivity index (χ1n) is 13.3. The number of amides is 1. The van der Waals surface area contributed by atoms with E-state index in [0.29, 0.717) is 17.0 Å². The molecule has 0 unspecified atom stereocenters. The molecule has 40 heavy (non-hydrogen) atoms. The highest BCUT2D eigenvalue weighted by Crippen LogP contribution is 2.32. The number of ether oxygens (including phenoxy) is 2. The Hall–Kier alpha value is -5.04. The number of anilines is 3. The van der Waals surface area contributed by atoms with Crippen molar-refractivity contribution in [2.75, 3.05) is 48.4 Å². The van der Waals surface area contributed by atoms with Crippen molar-refractivity contribution in [3.8, 4) is 17.2 Å². The van der Waals surface area contributed by atoms with Crippen LogP contribution in [0, 0.1) is 0 Å². The van der Waals surface area contributed by atoms with Crippen molar-refractivity contribution < 1.29 is 14.3 Å². The second-order valence-corrected chi connectivity index (χ2v) is 9.58. The first-order valence-corrected chi connectivity index (χ1v) is 13.3. The molecule has 2 heterocycles. The van der Waals surface area contributed by atoms with E-state index in [1.54, 1.807) is 13.3 Å². The van der Waals surface area contributed by atoms with Gasteiger partial charge >= 0.3 is 0 Å². The van der Waals surface area contributed by atoms with E-state index in [-0.39, 0.29) is 5.91 Å². The Bertz CT molecular complexity index is 1610. The van der Waals surface area contributed by atoms with E-state index < -0.39 is 0 Å². The van der Waals surface area contributed by atoms with Crippen LogP contribution in [0.25, 0.3) is 10.8 Å². The predicted molar refractivity (Wildman–Crippen MR) is 160 cm³/mol. The van der Waals surface area contributed by atoms with Gasteiger partial charge in [-0.3, -0.25) is 4.79 Å². The van der Waals surface area contributed by atoms with Crippen LogP contribution in [0.5, 0.6) is 17.2 Å². The number of fused-ring (bicyclic) bond motifs is 1. The van der Waals surface area contributed by atoms with Crippen LogP contribution < -0.4 is 24.6 Å². The van der Waals surface area contributed by atoms with Crippen LogP contribution in [-0.2, 0) is 0 Å². The molecular weight excluding hydrogens is 500 g/mol.